The van der Waals surface area contributed by atoms with Gasteiger partial charge in [-0.25, -0.2) is 4.98 Å². The van der Waals surface area contributed by atoms with Gasteiger partial charge in [-0.05, 0) is 18.6 Å². The zero-order valence-corrected chi connectivity index (χ0v) is 15.7. The maximum atomic E-state index is 11.9. The van der Waals surface area contributed by atoms with Gasteiger partial charge < -0.3 is 11.5 Å². The molecule has 7 heteroatoms. The lowest BCUT2D eigenvalue weighted by Crippen LogP contribution is -2.10. The van der Waals surface area contributed by atoms with Crippen molar-refractivity contribution in [1.82, 2.24) is 15.2 Å². The summed E-state index contributed by atoms with van der Waals surface area (Å²) in [5, 5.41) is 10.4. The first kappa shape index (κ1) is 16.6. The molecule has 0 fully saturated rings. The fourth-order valence-electron chi connectivity index (χ4n) is 3.48. The molecule has 0 unspecified atom stereocenters. The highest BCUT2D eigenvalue weighted by atomic mass is 32.1. The van der Waals surface area contributed by atoms with E-state index in [2.05, 4.69) is 10.2 Å². The van der Waals surface area contributed by atoms with Gasteiger partial charge in [-0.3, -0.25) is 4.79 Å². The average molecular weight is 385 g/mol. The number of amides is 1. The number of primary amides is 1. The van der Waals surface area contributed by atoms with Gasteiger partial charge in [0.2, 0.25) is 0 Å². The molecule has 0 spiro atoms. The summed E-state index contributed by atoms with van der Waals surface area (Å²) in [7, 11) is 0. The van der Waals surface area contributed by atoms with Crippen molar-refractivity contribution in [2.24, 2.45) is 5.73 Å². The molecule has 3 heterocycles. The molecule has 0 aliphatic rings. The molecule has 5 aromatic rings. The maximum Gasteiger partial charge on any atom is 0.260 e. The molecule has 0 aliphatic heterocycles. The van der Waals surface area contributed by atoms with Crippen LogP contribution in [0, 0.1) is 6.92 Å². The molecule has 6 nitrogen and oxygen atoms in total. The summed E-state index contributed by atoms with van der Waals surface area (Å²) in [6.07, 6.45) is 0. The molecule has 0 atom stereocenters. The van der Waals surface area contributed by atoms with E-state index in [0.29, 0.717) is 26.3 Å². The minimum Gasteiger partial charge on any atom is -0.397 e. The second kappa shape index (κ2) is 5.97. The molecular formula is C21H15N5OS. The number of carbonyl (C=O) groups excluding carboxylic acids is 1. The van der Waals surface area contributed by atoms with E-state index < -0.39 is 5.91 Å². The average Bonchev–Trinajstić information content (AvgIpc) is 3.03. The van der Waals surface area contributed by atoms with E-state index >= 15 is 0 Å². The van der Waals surface area contributed by atoms with Crippen molar-refractivity contribution in [2.75, 3.05) is 5.73 Å². The number of rotatable bonds is 2. The van der Waals surface area contributed by atoms with Crippen LogP contribution in [0.2, 0.25) is 0 Å². The quantitative estimate of drug-likeness (QED) is 0.446. The van der Waals surface area contributed by atoms with Crippen molar-refractivity contribution in [2.45, 2.75) is 6.92 Å². The number of thiophene rings is 1. The summed E-state index contributed by atoms with van der Waals surface area (Å²) in [6.45, 7) is 2.03. The van der Waals surface area contributed by atoms with Gasteiger partial charge in [0.1, 0.15) is 20.7 Å². The summed E-state index contributed by atoms with van der Waals surface area (Å²) >= 11 is 1.21. The molecule has 0 saturated heterocycles. The van der Waals surface area contributed by atoms with Gasteiger partial charge >= 0.3 is 0 Å². The molecule has 136 valence electrons. The molecule has 2 aromatic carbocycles. The number of pyridine rings is 1. The van der Waals surface area contributed by atoms with Crippen molar-refractivity contribution >= 4 is 55.1 Å². The largest absolute Gasteiger partial charge is 0.397 e. The highest BCUT2D eigenvalue weighted by molar-refractivity contribution is 7.21. The maximum absolute atomic E-state index is 11.9. The Balaban J connectivity index is 2.03. The second-order valence-corrected chi connectivity index (χ2v) is 7.66. The predicted octanol–water partition coefficient (Wildman–Crippen LogP) is 4.05. The summed E-state index contributed by atoms with van der Waals surface area (Å²) in [5.41, 5.74) is 17.3. The molecule has 4 N–H and O–H groups in total. The topological polar surface area (TPSA) is 108 Å². The Hall–Kier alpha value is -3.58. The number of carbonyl (C=O) groups is 1. The van der Waals surface area contributed by atoms with E-state index in [-0.39, 0.29) is 0 Å². The monoisotopic (exact) mass is 385 g/mol. The highest BCUT2D eigenvalue weighted by Crippen LogP contribution is 2.43. The SMILES string of the molecule is Cc1ccc(-c2c3nnc4ccccc4c3nc3sc(C(N)=O)c(N)c23)cc1. The van der Waals surface area contributed by atoms with E-state index in [1.807, 2.05) is 55.5 Å². The molecular weight excluding hydrogens is 370 g/mol. The molecule has 28 heavy (non-hydrogen) atoms. The third-order valence-corrected chi connectivity index (χ3v) is 5.95. The Morgan fingerprint density at radius 3 is 2.50 bits per heavy atom. The van der Waals surface area contributed by atoms with Crippen LogP contribution in [0.3, 0.4) is 0 Å². The summed E-state index contributed by atoms with van der Waals surface area (Å²) in [4.78, 5) is 17.7. The first-order chi connectivity index (χ1) is 13.5. The smallest absolute Gasteiger partial charge is 0.260 e. The van der Waals surface area contributed by atoms with Crippen molar-refractivity contribution in [3.8, 4) is 11.1 Å². The van der Waals surface area contributed by atoms with E-state index in [4.69, 9.17) is 16.5 Å². The number of nitrogens with zero attached hydrogens (tertiary/aromatic N) is 3. The van der Waals surface area contributed by atoms with E-state index in [1.165, 1.54) is 11.3 Å². The van der Waals surface area contributed by atoms with Gasteiger partial charge in [0.15, 0.2) is 0 Å². The lowest BCUT2D eigenvalue weighted by Gasteiger charge is -2.10. The van der Waals surface area contributed by atoms with Crippen LogP contribution >= 0.6 is 11.3 Å². The number of nitrogen functional groups attached to an aromatic ring is 1. The van der Waals surface area contributed by atoms with E-state index in [1.54, 1.807) is 0 Å². The van der Waals surface area contributed by atoms with Gasteiger partial charge in [-0.1, -0.05) is 48.0 Å². The van der Waals surface area contributed by atoms with Gasteiger partial charge in [-0.2, -0.15) is 0 Å². The zero-order chi connectivity index (χ0) is 19.4. The normalized spacial score (nSPS) is 11.5. The Morgan fingerprint density at radius 2 is 1.75 bits per heavy atom. The van der Waals surface area contributed by atoms with Crippen molar-refractivity contribution in [3.05, 3.63) is 59.0 Å². The minimum atomic E-state index is -0.560. The minimum absolute atomic E-state index is 0.309. The van der Waals surface area contributed by atoms with Gasteiger partial charge in [0, 0.05) is 16.3 Å². The zero-order valence-electron chi connectivity index (χ0n) is 14.9. The predicted molar refractivity (Wildman–Crippen MR) is 113 cm³/mol. The standard InChI is InChI=1S/C21H15N5OS/c1-10-6-8-11(9-7-10)14-15-16(22)19(20(23)27)28-21(15)24-17-12-4-2-3-5-13(12)25-26-18(14)17/h2-9H,22H2,1H3,(H2,23,27). The van der Waals surface area contributed by atoms with Gasteiger partial charge in [0.25, 0.3) is 5.91 Å². The summed E-state index contributed by atoms with van der Waals surface area (Å²) in [6, 6.07) is 15.8. The van der Waals surface area contributed by atoms with Crippen molar-refractivity contribution in [3.63, 3.8) is 0 Å². The Labute approximate surface area is 163 Å². The number of anilines is 1. The van der Waals surface area contributed by atoms with Crippen LogP contribution < -0.4 is 11.5 Å². The number of aromatic nitrogens is 3. The molecule has 0 bridgehead atoms. The third-order valence-electron chi connectivity index (χ3n) is 4.83. The number of benzene rings is 2. The van der Waals surface area contributed by atoms with Crippen molar-refractivity contribution in [1.29, 1.82) is 0 Å². The van der Waals surface area contributed by atoms with Crippen LogP contribution in [-0.4, -0.2) is 21.1 Å². The molecule has 0 aliphatic carbocycles. The van der Waals surface area contributed by atoms with Crippen LogP contribution in [0.25, 0.3) is 43.3 Å². The fourth-order valence-corrected chi connectivity index (χ4v) is 4.43. The first-order valence-corrected chi connectivity index (χ1v) is 9.50. The van der Waals surface area contributed by atoms with Crippen LogP contribution in [0.1, 0.15) is 15.2 Å². The van der Waals surface area contributed by atoms with E-state index in [9.17, 15) is 4.79 Å². The van der Waals surface area contributed by atoms with Crippen LogP contribution in [0.15, 0.2) is 48.5 Å². The Kier molecular flexibility index (Phi) is 3.53. The van der Waals surface area contributed by atoms with Crippen LogP contribution in [0.4, 0.5) is 5.69 Å². The van der Waals surface area contributed by atoms with Crippen LogP contribution in [0.5, 0.6) is 0 Å². The Bertz CT molecular complexity index is 1410. The first-order valence-electron chi connectivity index (χ1n) is 8.68. The number of hydrogen-bond acceptors (Lipinski definition) is 6. The van der Waals surface area contributed by atoms with Crippen LogP contribution in [-0.2, 0) is 0 Å². The molecule has 0 saturated carbocycles. The second-order valence-electron chi connectivity index (χ2n) is 6.66. The van der Waals surface area contributed by atoms with Gasteiger partial charge in [0.05, 0.1) is 11.2 Å². The van der Waals surface area contributed by atoms with Crippen molar-refractivity contribution < 1.29 is 4.79 Å². The molecule has 3 aromatic heterocycles. The number of fused-ring (bicyclic) bond motifs is 4. The third kappa shape index (κ3) is 2.33. The van der Waals surface area contributed by atoms with E-state index in [0.717, 1.165) is 33.1 Å². The Morgan fingerprint density at radius 1 is 1.00 bits per heavy atom. The number of nitrogens with two attached hydrogens (primary N) is 2. The fraction of sp³-hybridized carbons (Fsp3) is 0.0476. The number of aryl methyl sites for hydroxylation is 1. The lowest BCUT2D eigenvalue weighted by atomic mass is 9.98. The van der Waals surface area contributed by atoms with Gasteiger partial charge in [-0.15, -0.1) is 21.5 Å². The highest BCUT2D eigenvalue weighted by Gasteiger charge is 2.22. The summed E-state index contributed by atoms with van der Waals surface area (Å²) in [5.74, 6) is -0.560. The molecule has 0 radical (unpaired) electrons. The summed E-state index contributed by atoms with van der Waals surface area (Å²) < 4.78 is 0. The number of hydrogen-bond donors (Lipinski definition) is 2. The molecule has 1 amide bonds. The molecule has 5 rings (SSSR count). The lowest BCUT2D eigenvalue weighted by molar-refractivity contribution is 0.100.